The van der Waals surface area contributed by atoms with Crippen molar-refractivity contribution in [1.29, 1.82) is 0 Å². The number of aromatic nitrogens is 1. The summed E-state index contributed by atoms with van der Waals surface area (Å²) in [7, 11) is 0. The Kier molecular flexibility index (Phi) is 7.00. The van der Waals surface area contributed by atoms with Crippen LogP contribution in [-0.4, -0.2) is 16.7 Å². The van der Waals surface area contributed by atoms with E-state index in [1.807, 2.05) is 12.2 Å². The molecule has 2 heterocycles. The van der Waals surface area contributed by atoms with Crippen molar-refractivity contribution in [2.45, 2.75) is 12.8 Å². The Bertz CT molecular complexity index is 1520. The fourth-order valence-electron chi connectivity index (χ4n) is 3.72. The highest BCUT2D eigenvalue weighted by molar-refractivity contribution is 7.18. The van der Waals surface area contributed by atoms with Gasteiger partial charge in [-0.2, -0.15) is 0 Å². The lowest BCUT2D eigenvalue weighted by Crippen LogP contribution is -2.25. The summed E-state index contributed by atoms with van der Waals surface area (Å²) >= 11 is 0.859. The summed E-state index contributed by atoms with van der Waals surface area (Å²) in [5.74, 6) is -2.74. The molecule has 8 nitrogen and oxygen atoms in total. The summed E-state index contributed by atoms with van der Waals surface area (Å²) in [5, 5.41) is 5.87. The van der Waals surface area contributed by atoms with E-state index in [0.717, 1.165) is 41.9 Å². The van der Waals surface area contributed by atoms with E-state index in [0.29, 0.717) is 17.0 Å². The molecule has 1 aliphatic heterocycles. The summed E-state index contributed by atoms with van der Waals surface area (Å²) in [6.07, 6.45) is 10.4. The second-order valence-electron chi connectivity index (χ2n) is 8.18. The van der Waals surface area contributed by atoms with Crippen LogP contribution in [0.4, 0.5) is 25.4 Å². The highest BCUT2D eigenvalue weighted by Gasteiger charge is 2.24. The molecule has 1 aromatic heterocycles. The van der Waals surface area contributed by atoms with Gasteiger partial charge in [0.2, 0.25) is 11.7 Å². The largest absolute Gasteiger partial charge is 0.463 e. The molecule has 0 saturated carbocycles. The zero-order chi connectivity index (χ0) is 26.6. The lowest BCUT2D eigenvalue weighted by molar-refractivity contribution is 0.0925. The standard InChI is InChI=1S/C27H20F2N4O4S/c28-18-7-4-8-19(29)22(18)23(34)24-25(30)33-27(38-24)31-17-11-9-16(10-12-17)26(35)32-21-14-36-13-20(37-21)15-5-2-1-3-6-15/h1-2,4-5,7-14H,3,6,30H2,(H,31,33)(H,32,35). The van der Waals surface area contributed by atoms with Crippen molar-refractivity contribution in [3.05, 3.63) is 118 Å². The number of benzene rings is 2. The van der Waals surface area contributed by atoms with Crippen molar-refractivity contribution < 1.29 is 27.8 Å². The van der Waals surface area contributed by atoms with Crippen molar-refractivity contribution in [2.75, 3.05) is 11.1 Å². The number of nitrogens with zero attached hydrogens (tertiary/aromatic N) is 1. The molecule has 0 bridgehead atoms. The number of thiazole rings is 1. The third-order valence-electron chi connectivity index (χ3n) is 5.58. The SMILES string of the molecule is Nc1nc(Nc2ccc(C(=O)NC3=COC=C(C4=CC=CCC4)O3)cc2)sc1C(=O)c1c(F)cccc1F. The van der Waals surface area contributed by atoms with E-state index >= 15 is 0 Å². The topological polar surface area (TPSA) is 116 Å². The van der Waals surface area contributed by atoms with Gasteiger partial charge in [-0.1, -0.05) is 35.6 Å². The predicted octanol–water partition coefficient (Wildman–Crippen LogP) is 5.67. The van der Waals surface area contributed by atoms with Crippen LogP contribution in [0.5, 0.6) is 0 Å². The molecular formula is C27H20F2N4O4S. The van der Waals surface area contributed by atoms with Crippen LogP contribution in [0, 0.1) is 11.6 Å². The van der Waals surface area contributed by atoms with Crippen LogP contribution in [0.2, 0.25) is 0 Å². The first kappa shape index (κ1) is 24.9. The number of hydrogen-bond donors (Lipinski definition) is 3. The van der Waals surface area contributed by atoms with Crippen molar-refractivity contribution in [1.82, 2.24) is 10.3 Å². The van der Waals surface area contributed by atoms with Crippen molar-refractivity contribution in [2.24, 2.45) is 0 Å². The Morgan fingerprint density at radius 3 is 2.53 bits per heavy atom. The van der Waals surface area contributed by atoms with E-state index in [2.05, 4.69) is 21.7 Å². The molecule has 1 amide bonds. The maximum absolute atomic E-state index is 14.0. The van der Waals surface area contributed by atoms with Gasteiger partial charge in [0.25, 0.3) is 5.91 Å². The Hall–Kier alpha value is -4.77. The average Bonchev–Trinajstić information content (AvgIpc) is 3.29. The third-order valence-corrected chi connectivity index (χ3v) is 6.57. The molecule has 2 aliphatic rings. The predicted molar refractivity (Wildman–Crippen MR) is 138 cm³/mol. The third kappa shape index (κ3) is 5.32. The molecule has 0 radical (unpaired) electrons. The number of halogens is 2. The van der Waals surface area contributed by atoms with E-state index in [1.165, 1.54) is 18.6 Å². The zero-order valence-electron chi connectivity index (χ0n) is 19.7. The maximum atomic E-state index is 14.0. The summed E-state index contributed by atoms with van der Waals surface area (Å²) < 4.78 is 39.1. The fourth-order valence-corrected chi connectivity index (χ4v) is 4.57. The van der Waals surface area contributed by atoms with Crippen LogP contribution < -0.4 is 16.4 Å². The van der Waals surface area contributed by atoms with Crippen LogP contribution in [0.25, 0.3) is 0 Å². The van der Waals surface area contributed by atoms with Gasteiger partial charge in [-0.15, -0.1) is 0 Å². The van der Waals surface area contributed by atoms with Gasteiger partial charge >= 0.3 is 0 Å². The molecule has 192 valence electrons. The number of anilines is 3. The van der Waals surface area contributed by atoms with Gasteiger partial charge in [0.1, 0.15) is 28.6 Å². The second-order valence-corrected chi connectivity index (χ2v) is 9.18. The van der Waals surface area contributed by atoms with Gasteiger partial charge in [-0.25, -0.2) is 13.8 Å². The van der Waals surface area contributed by atoms with Crippen molar-refractivity contribution in [3.63, 3.8) is 0 Å². The van der Waals surface area contributed by atoms with Gasteiger partial charge in [-0.3, -0.25) is 14.9 Å². The number of rotatable bonds is 7. The Morgan fingerprint density at radius 2 is 1.82 bits per heavy atom. The molecule has 0 saturated heterocycles. The van der Waals surface area contributed by atoms with Crippen LogP contribution in [-0.2, 0) is 9.47 Å². The van der Waals surface area contributed by atoms with E-state index in [4.69, 9.17) is 15.2 Å². The first-order valence-corrected chi connectivity index (χ1v) is 12.2. The number of nitrogens with two attached hydrogens (primary N) is 1. The highest BCUT2D eigenvalue weighted by Crippen LogP contribution is 2.31. The van der Waals surface area contributed by atoms with E-state index in [-0.39, 0.29) is 21.7 Å². The van der Waals surface area contributed by atoms with E-state index < -0.39 is 28.9 Å². The molecule has 0 unspecified atom stereocenters. The normalized spacial score (nSPS) is 14.4. The number of hydrogen-bond acceptors (Lipinski definition) is 8. The quantitative estimate of drug-likeness (QED) is 0.335. The lowest BCUT2D eigenvalue weighted by Gasteiger charge is -2.19. The van der Waals surface area contributed by atoms with Gasteiger partial charge < -0.3 is 20.5 Å². The number of carbonyl (C=O) groups is 2. The van der Waals surface area contributed by atoms with Crippen LogP contribution in [0.15, 0.2) is 90.4 Å². The van der Waals surface area contributed by atoms with Gasteiger partial charge in [0, 0.05) is 11.3 Å². The lowest BCUT2D eigenvalue weighted by atomic mass is 10.0. The minimum atomic E-state index is -0.984. The number of ketones is 1. The number of ether oxygens (including phenoxy) is 2. The average molecular weight is 535 g/mol. The summed E-state index contributed by atoms with van der Waals surface area (Å²) in [4.78, 5) is 29.4. The summed E-state index contributed by atoms with van der Waals surface area (Å²) in [6.45, 7) is 0. The molecule has 3 aromatic rings. The molecule has 11 heteroatoms. The Morgan fingerprint density at radius 1 is 1.05 bits per heavy atom. The summed E-state index contributed by atoms with van der Waals surface area (Å²) in [5.41, 5.74) is 7.02. The molecule has 2 aromatic carbocycles. The number of amides is 1. The minimum Gasteiger partial charge on any atom is -0.463 e. The summed E-state index contributed by atoms with van der Waals surface area (Å²) in [6, 6.07) is 9.56. The molecule has 5 rings (SSSR count). The van der Waals surface area contributed by atoms with E-state index in [9.17, 15) is 18.4 Å². The van der Waals surface area contributed by atoms with E-state index in [1.54, 1.807) is 24.3 Å². The number of allylic oxidation sites excluding steroid dienone is 4. The van der Waals surface area contributed by atoms with Crippen molar-refractivity contribution >= 4 is 39.7 Å². The van der Waals surface area contributed by atoms with Crippen molar-refractivity contribution in [3.8, 4) is 0 Å². The monoisotopic (exact) mass is 534 g/mol. The zero-order valence-corrected chi connectivity index (χ0v) is 20.5. The molecule has 38 heavy (non-hydrogen) atoms. The number of nitrogens with one attached hydrogen (secondary N) is 2. The molecule has 0 atom stereocenters. The molecule has 4 N–H and O–H groups in total. The van der Waals surface area contributed by atoms with Crippen LogP contribution in [0.1, 0.15) is 38.4 Å². The molecule has 1 aliphatic carbocycles. The Balaban J connectivity index is 1.22. The fraction of sp³-hybridized carbons (Fsp3) is 0.0741. The minimum absolute atomic E-state index is 0.0936. The highest BCUT2D eigenvalue weighted by atomic mass is 32.1. The number of nitrogen functional groups attached to an aromatic ring is 1. The smallest absolute Gasteiger partial charge is 0.258 e. The molecule has 0 fully saturated rings. The first-order valence-electron chi connectivity index (χ1n) is 11.4. The first-order chi connectivity index (χ1) is 18.4. The molecule has 0 spiro atoms. The second kappa shape index (κ2) is 10.7. The number of carbonyl (C=O) groups excluding carboxylic acids is 2. The van der Waals surface area contributed by atoms with Gasteiger partial charge in [0.15, 0.2) is 17.2 Å². The Labute approximate surface area is 219 Å². The van der Waals surface area contributed by atoms with Gasteiger partial charge in [-0.05, 0) is 54.8 Å². The molecular weight excluding hydrogens is 514 g/mol. The van der Waals surface area contributed by atoms with Gasteiger partial charge in [0.05, 0.1) is 5.56 Å². The maximum Gasteiger partial charge on any atom is 0.258 e. The van der Waals surface area contributed by atoms with Crippen LogP contribution >= 0.6 is 11.3 Å². The van der Waals surface area contributed by atoms with Crippen LogP contribution in [0.3, 0.4) is 0 Å².